The molecule has 0 aliphatic carbocycles. The number of carboxylic acid groups (broad SMARTS) is 1. The molecule has 0 bridgehead atoms. The zero-order chi connectivity index (χ0) is 21.0. The van der Waals surface area contributed by atoms with Crippen LogP contribution in [0, 0.1) is 12.8 Å². The Hall–Kier alpha value is -2.44. The van der Waals surface area contributed by atoms with E-state index in [1.165, 1.54) is 6.07 Å². The highest BCUT2D eigenvalue weighted by molar-refractivity contribution is 6.38. The number of carbonyl (C=O) groups excluding carboxylic acids is 1. The standard InChI is InChI=1S/C20H21Cl2NO5/c1-10(2)6-12-7-13(4-5-16(12)24)28-20-14(21)8-15(11(3)19(20)22)23-17(25)9-18(26)27/h4-5,7-8,10,24H,6,9H2,1-3H3,(H,23,25)(H,26,27). The Labute approximate surface area is 173 Å². The van der Waals surface area contributed by atoms with Gasteiger partial charge in [0.2, 0.25) is 5.91 Å². The van der Waals surface area contributed by atoms with Crippen LogP contribution in [0.4, 0.5) is 5.69 Å². The fraction of sp³-hybridized carbons (Fsp3) is 0.300. The van der Waals surface area contributed by atoms with E-state index in [1.54, 1.807) is 25.1 Å². The molecule has 0 unspecified atom stereocenters. The zero-order valence-electron chi connectivity index (χ0n) is 15.7. The Morgan fingerprint density at radius 2 is 1.89 bits per heavy atom. The minimum atomic E-state index is -1.24. The largest absolute Gasteiger partial charge is 0.508 e. The van der Waals surface area contributed by atoms with E-state index >= 15 is 0 Å². The number of nitrogens with one attached hydrogen (secondary N) is 1. The van der Waals surface area contributed by atoms with E-state index in [1.807, 2.05) is 13.8 Å². The van der Waals surface area contributed by atoms with Gasteiger partial charge in [-0.25, -0.2) is 0 Å². The molecule has 0 aliphatic heterocycles. The van der Waals surface area contributed by atoms with E-state index < -0.39 is 18.3 Å². The van der Waals surface area contributed by atoms with E-state index in [-0.39, 0.29) is 21.5 Å². The van der Waals surface area contributed by atoms with Gasteiger partial charge in [0.1, 0.15) is 17.9 Å². The van der Waals surface area contributed by atoms with Crippen molar-refractivity contribution in [3.8, 4) is 17.2 Å². The number of carbonyl (C=O) groups is 2. The lowest BCUT2D eigenvalue weighted by Gasteiger charge is -2.16. The first-order valence-electron chi connectivity index (χ1n) is 8.58. The van der Waals surface area contributed by atoms with Crippen molar-refractivity contribution >= 4 is 40.8 Å². The molecule has 1 amide bonds. The lowest BCUT2D eigenvalue weighted by Crippen LogP contribution is -2.16. The molecule has 150 valence electrons. The Balaban J connectivity index is 2.31. The fourth-order valence-corrected chi connectivity index (χ4v) is 3.13. The zero-order valence-corrected chi connectivity index (χ0v) is 17.2. The molecule has 0 saturated heterocycles. The topological polar surface area (TPSA) is 95.9 Å². The third-order valence-corrected chi connectivity index (χ3v) is 4.64. The number of ether oxygens (including phenoxy) is 1. The third-order valence-electron chi connectivity index (χ3n) is 3.91. The van der Waals surface area contributed by atoms with E-state index in [0.29, 0.717) is 29.3 Å². The SMILES string of the molecule is Cc1c(NC(=O)CC(=O)O)cc(Cl)c(Oc2ccc(O)c(CC(C)C)c2)c1Cl. The molecule has 0 radical (unpaired) electrons. The summed E-state index contributed by atoms with van der Waals surface area (Å²) in [5.74, 6) is -0.724. The number of rotatable bonds is 7. The highest BCUT2D eigenvalue weighted by atomic mass is 35.5. The summed E-state index contributed by atoms with van der Waals surface area (Å²) in [5.41, 5.74) is 1.54. The molecule has 0 aromatic heterocycles. The number of aliphatic carboxylic acids is 1. The Morgan fingerprint density at radius 1 is 1.21 bits per heavy atom. The predicted octanol–water partition coefficient (Wildman–Crippen LogP) is 5.41. The number of halogens is 2. The number of carboxylic acids is 1. The first-order valence-corrected chi connectivity index (χ1v) is 9.34. The Bertz CT molecular complexity index is 912. The van der Waals surface area contributed by atoms with Gasteiger partial charge in [0.15, 0.2) is 5.75 Å². The molecule has 8 heteroatoms. The molecule has 2 rings (SSSR count). The molecule has 0 aliphatic rings. The summed E-state index contributed by atoms with van der Waals surface area (Å²) in [6.45, 7) is 5.74. The van der Waals surface area contributed by atoms with Crippen LogP contribution >= 0.6 is 23.2 Å². The van der Waals surface area contributed by atoms with Crippen molar-refractivity contribution in [2.75, 3.05) is 5.32 Å². The van der Waals surface area contributed by atoms with Crippen molar-refractivity contribution in [2.24, 2.45) is 5.92 Å². The summed E-state index contributed by atoms with van der Waals surface area (Å²) in [6.07, 6.45) is 0.0110. The Kier molecular flexibility index (Phi) is 7.16. The summed E-state index contributed by atoms with van der Waals surface area (Å²) >= 11 is 12.6. The van der Waals surface area contributed by atoms with Gasteiger partial charge in [-0.15, -0.1) is 0 Å². The Morgan fingerprint density at radius 3 is 2.50 bits per heavy atom. The van der Waals surface area contributed by atoms with Crippen LogP contribution in [0.1, 0.15) is 31.4 Å². The minimum absolute atomic E-state index is 0.153. The molecule has 0 atom stereocenters. The highest BCUT2D eigenvalue weighted by Crippen LogP contribution is 2.42. The summed E-state index contributed by atoms with van der Waals surface area (Å²) in [6, 6.07) is 6.32. The number of phenolic OH excluding ortho intramolecular Hbond substituents is 1. The van der Waals surface area contributed by atoms with Crippen LogP contribution < -0.4 is 10.1 Å². The maximum absolute atomic E-state index is 11.7. The summed E-state index contributed by atoms with van der Waals surface area (Å²) in [7, 11) is 0. The quantitative estimate of drug-likeness (QED) is 0.515. The normalized spacial score (nSPS) is 10.8. The van der Waals surface area contributed by atoms with E-state index in [2.05, 4.69) is 5.32 Å². The molecule has 6 nitrogen and oxygen atoms in total. The van der Waals surface area contributed by atoms with Gasteiger partial charge in [-0.2, -0.15) is 0 Å². The first-order chi connectivity index (χ1) is 13.1. The van der Waals surface area contributed by atoms with Crippen LogP contribution in [-0.4, -0.2) is 22.1 Å². The van der Waals surface area contributed by atoms with Gasteiger partial charge < -0.3 is 20.3 Å². The number of phenols is 1. The monoisotopic (exact) mass is 425 g/mol. The van der Waals surface area contributed by atoms with Crippen LogP contribution in [0.5, 0.6) is 17.2 Å². The maximum Gasteiger partial charge on any atom is 0.312 e. The summed E-state index contributed by atoms with van der Waals surface area (Å²) in [5, 5.41) is 21.5. The van der Waals surface area contributed by atoms with Gasteiger partial charge in [-0.05, 0) is 54.7 Å². The average Bonchev–Trinajstić information content (AvgIpc) is 2.58. The van der Waals surface area contributed by atoms with Crippen molar-refractivity contribution < 1.29 is 24.5 Å². The number of benzene rings is 2. The second-order valence-electron chi connectivity index (χ2n) is 6.78. The number of anilines is 1. The molecule has 28 heavy (non-hydrogen) atoms. The van der Waals surface area contributed by atoms with Crippen LogP contribution in [0.3, 0.4) is 0 Å². The average molecular weight is 426 g/mol. The van der Waals surface area contributed by atoms with Crippen molar-refractivity contribution in [1.82, 2.24) is 0 Å². The van der Waals surface area contributed by atoms with E-state index in [4.69, 9.17) is 33.0 Å². The van der Waals surface area contributed by atoms with Gasteiger partial charge in [0.05, 0.1) is 10.0 Å². The van der Waals surface area contributed by atoms with Gasteiger partial charge in [-0.3, -0.25) is 9.59 Å². The third kappa shape index (κ3) is 5.53. The van der Waals surface area contributed by atoms with Crippen molar-refractivity contribution in [3.63, 3.8) is 0 Å². The number of aromatic hydroxyl groups is 1. The van der Waals surface area contributed by atoms with E-state index in [9.17, 15) is 14.7 Å². The number of hydrogen-bond donors (Lipinski definition) is 3. The van der Waals surface area contributed by atoms with Crippen LogP contribution in [0.25, 0.3) is 0 Å². The molecular weight excluding hydrogens is 405 g/mol. The minimum Gasteiger partial charge on any atom is -0.508 e. The molecule has 0 saturated carbocycles. The summed E-state index contributed by atoms with van der Waals surface area (Å²) in [4.78, 5) is 22.3. The molecular formula is C20H21Cl2NO5. The van der Waals surface area contributed by atoms with Crippen molar-refractivity contribution in [1.29, 1.82) is 0 Å². The van der Waals surface area contributed by atoms with Crippen molar-refractivity contribution in [3.05, 3.63) is 45.4 Å². The van der Waals surface area contributed by atoms with Crippen LogP contribution in [-0.2, 0) is 16.0 Å². The van der Waals surface area contributed by atoms with Crippen LogP contribution in [0.15, 0.2) is 24.3 Å². The molecule has 0 spiro atoms. The predicted molar refractivity (Wildman–Crippen MR) is 109 cm³/mol. The molecule has 2 aromatic carbocycles. The molecule has 0 fully saturated rings. The summed E-state index contributed by atoms with van der Waals surface area (Å²) < 4.78 is 5.84. The number of hydrogen-bond acceptors (Lipinski definition) is 4. The van der Waals surface area contributed by atoms with Gasteiger partial charge >= 0.3 is 5.97 Å². The second kappa shape index (κ2) is 9.17. The van der Waals surface area contributed by atoms with Gasteiger partial charge in [-0.1, -0.05) is 37.0 Å². The van der Waals surface area contributed by atoms with E-state index in [0.717, 1.165) is 5.56 Å². The van der Waals surface area contributed by atoms with Gasteiger partial charge in [0, 0.05) is 5.69 Å². The number of amides is 1. The van der Waals surface area contributed by atoms with Gasteiger partial charge in [0.25, 0.3) is 0 Å². The maximum atomic E-state index is 11.7. The lowest BCUT2D eigenvalue weighted by atomic mass is 10.0. The molecule has 2 aromatic rings. The van der Waals surface area contributed by atoms with Crippen LogP contribution in [0.2, 0.25) is 10.0 Å². The second-order valence-corrected chi connectivity index (χ2v) is 7.57. The smallest absolute Gasteiger partial charge is 0.312 e. The highest BCUT2D eigenvalue weighted by Gasteiger charge is 2.18. The molecule has 0 heterocycles. The first kappa shape index (κ1) is 21.9. The van der Waals surface area contributed by atoms with Crippen molar-refractivity contribution in [2.45, 2.75) is 33.6 Å². The lowest BCUT2D eigenvalue weighted by molar-refractivity contribution is -0.139. The fourth-order valence-electron chi connectivity index (χ4n) is 2.60. The molecule has 3 N–H and O–H groups in total.